The largest absolute Gasteiger partial charge is 0.308 e. The highest BCUT2D eigenvalue weighted by Gasteiger charge is 2.39. The zero-order chi connectivity index (χ0) is 29.9. The van der Waals surface area contributed by atoms with Gasteiger partial charge in [-0.25, -0.2) is 0 Å². The number of nitrogens with zero attached hydrogens (tertiary/aromatic N) is 1. The topological polar surface area (TPSA) is 3.24 Å². The molecule has 0 saturated heterocycles. The molecule has 1 heterocycles. The van der Waals surface area contributed by atoms with Crippen molar-refractivity contribution in [3.05, 3.63) is 151 Å². The molecule has 0 aromatic heterocycles. The highest BCUT2D eigenvalue weighted by molar-refractivity contribution is 7.99. The molecule has 8 aromatic rings. The maximum Gasteiger partial charge on any atom is 0.0601 e. The van der Waals surface area contributed by atoms with Gasteiger partial charge in [0, 0.05) is 20.9 Å². The maximum absolute atomic E-state index is 2.44. The average Bonchev–Trinajstić information content (AvgIpc) is 3.33. The molecule has 10 rings (SSSR count). The van der Waals surface area contributed by atoms with Crippen molar-refractivity contribution in [1.82, 2.24) is 0 Å². The number of hydrogen-bond acceptors (Lipinski definition) is 2. The number of rotatable bonds is 1. The van der Waals surface area contributed by atoms with Crippen molar-refractivity contribution in [1.29, 1.82) is 0 Å². The Morgan fingerprint density at radius 3 is 1.78 bits per heavy atom. The Balaban J connectivity index is 1.37. The third-order valence-electron chi connectivity index (χ3n) is 10.2. The van der Waals surface area contributed by atoms with Gasteiger partial charge in [-0.1, -0.05) is 129 Å². The second kappa shape index (κ2) is 9.00. The zero-order valence-electron chi connectivity index (χ0n) is 25.1. The number of fused-ring (bicyclic) bond motifs is 15. The quantitative estimate of drug-likeness (QED) is 0.175. The molecule has 0 amide bonds. The summed E-state index contributed by atoms with van der Waals surface area (Å²) in [6.07, 6.45) is 0. The van der Waals surface area contributed by atoms with Crippen molar-refractivity contribution in [2.75, 3.05) is 4.90 Å². The van der Waals surface area contributed by atoms with Crippen molar-refractivity contribution in [2.45, 2.75) is 29.1 Å². The molecular formula is C43H29NS. The molecule has 0 unspecified atom stereocenters. The summed E-state index contributed by atoms with van der Waals surface area (Å²) in [4.78, 5) is 5.01. The van der Waals surface area contributed by atoms with Gasteiger partial charge in [0.15, 0.2) is 0 Å². The first kappa shape index (κ1) is 25.3. The van der Waals surface area contributed by atoms with Crippen LogP contribution < -0.4 is 4.90 Å². The van der Waals surface area contributed by atoms with E-state index < -0.39 is 0 Å². The smallest absolute Gasteiger partial charge is 0.0601 e. The Bertz CT molecular complexity index is 2510. The van der Waals surface area contributed by atoms with E-state index in [0.29, 0.717) is 0 Å². The van der Waals surface area contributed by atoms with Gasteiger partial charge in [-0.3, -0.25) is 0 Å². The fourth-order valence-electron chi connectivity index (χ4n) is 8.30. The monoisotopic (exact) mass is 591 g/mol. The summed E-state index contributed by atoms with van der Waals surface area (Å²) in [7, 11) is 0. The lowest BCUT2D eigenvalue weighted by Crippen LogP contribution is -2.16. The zero-order valence-corrected chi connectivity index (χ0v) is 26.0. The first-order valence-corrected chi connectivity index (χ1v) is 16.5. The van der Waals surface area contributed by atoms with E-state index in [-0.39, 0.29) is 5.41 Å². The molecule has 0 N–H and O–H groups in total. The van der Waals surface area contributed by atoms with E-state index in [1.807, 2.05) is 11.8 Å². The third-order valence-corrected chi connectivity index (χ3v) is 11.3. The molecule has 0 spiro atoms. The van der Waals surface area contributed by atoms with Crippen LogP contribution in [0.2, 0.25) is 0 Å². The van der Waals surface area contributed by atoms with E-state index in [1.54, 1.807) is 0 Å². The highest BCUT2D eigenvalue weighted by Crippen LogP contribution is 2.57. The second-order valence-electron chi connectivity index (χ2n) is 12.9. The Kier molecular flexibility index (Phi) is 5.06. The van der Waals surface area contributed by atoms with E-state index in [2.05, 4.69) is 158 Å². The van der Waals surface area contributed by atoms with Crippen molar-refractivity contribution >= 4 is 71.9 Å². The fraction of sp³-hybridized carbons (Fsp3) is 0.0698. The van der Waals surface area contributed by atoms with Gasteiger partial charge in [0.1, 0.15) is 0 Å². The van der Waals surface area contributed by atoms with E-state index in [0.717, 1.165) is 0 Å². The van der Waals surface area contributed by atoms with Crippen LogP contribution in [0.15, 0.2) is 149 Å². The first-order valence-electron chi connectivity index (χ1n) is 15.7. The second-order valence-corrected chi connectivity index (χ2v) is 13.9. The van der Waals surface area contributed by atoms with Gasteiger partial charge < -0.3 is 4.90 Å². The minimum Gasteiger partial charge on any atom is -0.308 e. The Morgan fingerprint density at radius 1 is 0.489 bits per heavy atom. The van der Waals surface area contributed by atoms with Gasteiger partial charge >= 0.3 is 0 Å². The molecule has 1 aliphatic carbocycles. The predicted molar refractivity (Wildman–Crippen MR) is 193 cm³/mol. The number of benzene rings is 8. The van der Waals surface area contributed by atoms with E-state index in [9.17, 15) is 0 Å². The molecule has 1 aliphatic heterocycles. The van der Waals surface area contributed by atoms with Crippen molar-refractivity contribution in [3.63, 3.8) is 0 Å². The summed E-state index contributed by atoms with van der Waals surface area (Å²) in [6.45, 7) is 4.83. The predicted octanol–water partition coefficient (Wildman–Crippen LogP) is 12.5. The molecule has 212 valence electrons. The molecular weight excluding hydrogens is 563 g/mol. The molecule has 0 atom stereocenters. The van der Waals surface area contributed by atoms with Crippen LogP contribution in [-0.4, -0.2) is 0 Å². The summed E-state index contributed by atoms with van der Waals surface area (Å²) >= 11 is 1.85. The minimum absolute atomic E-state index is 0.122. The summed E-state index contributed by atoms with van der Waals surface area (Å²) in [5.74, 6) is 0. The summed E-state index contributed by atoms with van der Waals surface area (Å²) < 4.78 is 0. The van der Waals surface area contributed by atoms with Crippen LogP contribution in [0.1, 0.15) is 25.0 Å². The molecule has 2 aliphatic rings. The first-order chi connectivity index (χ1) is 22.1. The van der Waals surface area contributed by atoms with E-state index in [1.165, 1.54) is 92.2 Å². The lowest BCUT2D eigenvalue weighted by Gasteiger charge is -2.33. The van der Waals surface area contributed by atoms with Gasteiger partial charge in [-0.2, -0.15) is 0 Å². The standard InChI is InChI=1S/C43H29NS/c1-43(2)34-18-8-7-17-32(34)40-30-16-6-5-15-29(30)39-31-24-23-26(25-33(31)27-13-3-4-14-28(27)41(39)42(40)43)44-35-19-9-11-21-37(35)45-38-22-12-10-20-36(38)44/h3-25H,1-2H3. The Labute approximate surface area is 266 Å². The van der Waals surface area contributed by atoms with Crippen LogP contribution in [0.4, 0.5) is 17.1 Å². The molecule has 0 radical (unpaired) electrons. The fourth-order valence-corrected chi connectivity index (χ4v) is 9.36. The third kappa shape index (κ3) is 3.30. The SMILES string of the molecule is CC1(C)c2ccccc2-c2c1c1c3ccccc3c3cc(N4c5ccccc5Sc5ccccc54)ccc3c1c1ccccc21. The molecule has 0 saturated carbocycles. The van der Waals surface area contributed by atoms with Gasteiger partial charge in [0.05, 0.1) is 11.4 Å². The molecule has 1 nitrogen and oxygen atoms in total. The van der Waals surface area contributed by atoms with Gasteiger partial charge in [0.25, 0.3) is 0 Å². The number of anilines is 3. The average molecular weight is 592 g/mol. The summed E-state index contributed by atoms with van der Waals surface area (Å²) in [5, 5.41) is 10.7. The van der Waals surface area contributed by atoms with Crippen LogP contribution in [0.25, 0.3) is 54.2 Å². The normalized spacial score (nSPS) is 14.5. The Hall–Kier alpha value is -5.05. The van der Waals surface area contributed by atoms with E-state index >= 15 is 0 Å². The van der Waals surface area contributed by atoms with Gasteiger partial charge in [-0.15, -0.1) is 0 Å². The summed E-state index contributed by atoms with van der Waals surface area (Å²) in [5.41, 5.74) is 9.17. The minimum atomic E-state index is -0.122. The summed E-state index contributed by atoms with van der Waals surface area (Å²) in [6, 6.07) is 51.9. The molecule has 2 heteroatoms. The van der Waals surface area contributed by atoms with Gasteiger partial charge in [0.2, 0.25) is 0 Å². The molecule has 0 bridgehead atoms. The van der Waals surface area contributed by atoms with Crippen LogP contribution in [0.3, 0.4) is 0 Å². The Morgan fingerprint density at radius 2 is 1.04 bits per heavy atom. The lowest BCUT2D eigenvalue weighted by atomic mass is 9.77. The molecule has 8 aromatic carbocycles. The maximum atomic E-state index is 2.44. The van der Waals surface area contributed by atoms with Crippen molar-refractivity contribution in [2.24, 2.45) is 0 Å². The van der Waals surface area contributed by atoms with Crippen molar-refractivity contribution in [3.8, 4) is 11.1 Å². The molecule has 45 heavy (non-hydrogen) atoms. The van der Waals surface area contributed by atoms with Crippen LogP contribution >= 0.6 is 11.8 Å². The van der Waals surface area contributed by atoms with Gasteiger partial charge in [-0.05, 0) is 102 Å². The van der Waals surface area contributed by atoms with Crippen molar-refractivity contribution < 1.29 is 0 Å². The highest BCUT2D eigenvalue weighted by atomic mass is 32.2. The molecule has 0 fully saturated rings. The van der Waals surface area contributed by atoms with Crippen LogP contribution in [0, 0.1) is 0 Å². The van der Waals surface area contributed by atoms with E-state index in [4.69, 9.17) is 0 Å². The lowest BCUT2D eigenvalue weighted by molar-refractivity contribution is 0.667. The van der Waals surface area contributed by atoms with Crippen LogP contribution in [-0.2, 0) is 5.41 Å². The number of hydrogen-bond donors (Lipinski definition) is 0. The number of para-hydroxylation sites is 2. The van der Waals surface area contributed by atoms with Crippen LogP contribution in [0.5, 0.6) is 0 Å².